The molecule has 0 aromatic carbocycles. The summed E-state index contributed by atoms with van der Waals surface area (Å²) >= 11 is 0. The van der Waals surface area contributed by atoms with Crippen LogP contribution in [0.25, 0.3) is 0 Å². The second-order valence-electron chi connectivity index (χ2n) is 8.79. The van der Waals surface area contributed by atoms with Gasteiger partial charge in [0.25, 0.3) is 0 Å². The van der Waals surface area contributed by atoms with Gasteiger partial charge >= 0.3 is 11.9 Å². The Morgan fingerprint density at radius 1 is 0.700 bits per heavy atom. The topological polar surface area (TPSA) is 52.6 Å². The van der Waals surface area contributed by atoms with Crippen LogP contribution in [0.15, 0.2) is 0 Å². The first-order chi connectivity index (χ1) is 14.5. The van der Waals surface area contributed by atoms with Gasteiger partial charge in [-0.2, -0.15) is 0 Å². The highest BCUT2D eigenvalue weighted by molar-refractivity contribution is 5.72. The van der Waals surface area contributed by atoms with E-state index in [1.807, 2.05) is 6.92 Å². The highest BCUT2D eigenvalue weighted by Crippen LogP contribution is 2.17. The Labute approximate surface area is 186 Å². The van der Waals surface area contributed by atoms with Crippen molar-refractivity contribution in [3.05, 3.63) is 0 Å². The third kappa shape index (κ3) is 17.8. The second kappa shape index (κ2) is 21.2. The van der Waals surface area contributed by atoms with E-state index >= 15 is 0 Å². The number of rotatable bonds is 21. The van der Waals surface area contributed by atoms with Crippen molar-refractivity contribution in [3.8, 4) is 0 Å². The van der Waals surface area contributed by atoms with E-state index in [0.29, 0.717) is 13.0 Å². The Bertz CT molecular complexity index is 408. The maximum Gasteiger partial charge on any atom is 0.308 e. The van der Waals surface area contributed by atoms with E-state index in [0.717, 1.165) is 70.6 Å². The summed E-state index contributed by atoms with van der Waals surface area (Å²) in [4.78, 5) is 24.0. The van der Waals surface area contributed by atoms with Crippen LogP contribution in [-0.4, -0.2) is 24.6 Å². The van der Waals surface area contributed by atoms with Crippen LogP contribution in [0.5, 0.6) is 0 Å². The lowest BCUT2D eigenvalue weighted by molar-refractivity contribution is -0.149. The number of carbonyl (C=O) groups is 2. The van der Waals surface area contributed by atoms with Crippen LogP contribution >= 0.6 is 0 Å². The molecule has 0 rings (SSSR count). The fourth-order valence-corrected chi connectivity index (χ4v) is 3.70. The molecule has 0 saturated carbocycles. The molecule has 0 aliphatic carbocycles. The largest absolute Gasteiger partial charge is 0.465 e. The lowest BCUT2D eigenvalue weighted by Gasteiger charge is -2.15. The average Bonchev–Trinajstić information content (AvgIpc) is 2.72. The van der Waals surface area contributed by atoms with Crippen molar-refractivity contribution in [2.45, 2.75) is 143 Å². The zero-order valence-corrected chi connectivity index (χ0v) is 20.5. The van der Waals surface area contributed by atoms with E-state index in [9.17, 15) is 9.59 Å². The van der Waals surface area contributed by atoms with E-state index in [2.05, 4.69) is 20.8 Å². The van der Waals surface area contributed by atoms with E-state index in [1.54, 1.807) is 0 Å². The van der Waals surface area contributed by atoms with Crippen LogP contribution in [0.2, 0.25) is 0 Å². The van der Waals surface area contributed by atoms with Gasteiger partial charge in [0.2, 0.25) is 0 Å². The Hall–Kier alpha value is -1.06. The predicted octanol–water partition coefficient (Wildman–Crippen LogP) is 7.77. The standard InChI is InChI=1S/C26H50O4/c1-5-8-10-12-17-21-25(27)30-23(4)19-15-13-14-16-20-24(7-3)26(28)29-22-18-11-9-6-2/h23-24H,5-22H2,1-4H3. The Morgan fingerprint density at radius 2 is 1.27 bits per heavy atom. The molecule has 2 unspecified atom stereocenters. The molecule has 0 N–H and O–H groups in total. The number of esters is 2. The van der Waals surface area contributed by atoms with Gasteiger partial charge < -0.3 is 9.47 Å². The SMILES string of the molecule is CCCCCCCC(=O)OC(C)CCCCCCC(CC)C(=O)OCCCCCC. The summed E-state index contributed by atoms with van der Waals surface area (Å²) in [5, 5.41) is 0. The summed E-state index contributed by atoms with van der Waals surface area (Å²) in [6.07, 6.45) is 18.0. The number of carbonyl (C=O) groups excluding carboxylic acids is 2. The van der Waals surface area contributed by atoms with Gasteiger partial charge in [-0.1, -0.05) is 85.0 Å². The van der Waals surface area contributed by atoms with Gasteiger partial charge in [0.15, 0.2) is 0 Å². The maximum atomic E-state index is 12.2. The smallest absolute Gasteiger partial charge is 0.308 e. The molecule has 0 amide bonds. The molecule has 178 valence electrons. The van der Waals surface area contributed by atoms with Crippen molar-refractivity contribution >= 4 is 11.9 Å². The van der Waals surface area contributed by atoms with E-state index in [-0.39, 0.29) is 24.0 Å². The predicted molar refractivity (Wildman–Crippen MR) is 126 cm³/mol. The van der Waals surface area contributed by atoms with Crippen LogP contribution in [0.4, 0.5) is 0 Å². The highest BCUT2D eigenvalue weighted by atomic mass is 16.5. The normalized spacial score (nSPS) is 13.1. The minimum Gasteiger partial charge on any atom is -0.465 e. The molecule has 4 nitrogen and oxygen atoms in total. The lowest BCUT2D eigenvalue weighted by Crippen LogP contribution is -2.18. The monoisotopic (exact) mass is 426 g/mol. The van der Waals surface area contributed by atoms with Crippen molar-refractivity contribution in [2.75, 3.05) is 6.61 Å². The van der Waals surface area contributed by atoms with Crippen molar-refractivity contribution < 1.29 is 19.1 Å². The Kier molecular flexibility index (Phi) is 20.4. The van der Waals surface area contributed by atoms with Crippen molar-refractivity contribution in [2.24, 2.45) is 5.92 Å². The quantitative estimate of drug-likeness (QED) is 0.139. The zero-order valence-electron chi connectivity index (χ0n) is 20.5. The van der Waals surface area contributed by atoms with Crippen molar-refractivity contribution in [1.82, 2.24) is 0 Å². The molecule has 0 spiro atoms. The fraction of sp³-hybridized carbons (Fsp3) is 0.923. The summed E-state index contributed by atoms with van der Waals surface area (Å²) in [5.74, 6) is -0.00407. The Morgan fingerprint density at radius 3 is 1.90 bits per heavy atom. The third-order valence-electron chi connectivity index (χ3n) is 5.80. The summed E-state index contributed by atoms with van der Waals surface area (Å²) in [6, 6.07) is 0. The lowest BCUT2D eigenvalue weighted by atomic mass is 9.98. The molecule has 30 heavy (non-hydrogen) atoms. The molecule has 4 heteroatoms. The molecule has 0 aliphatic rings. The summed E-state index contributed by atoms with van der Waals surface area (Å²) in [6.45, 7) is 9.03. The number of hydrogen-bond acceptors (Lipinski definition) is 4. The van der Waals surface area contributed by atoms with Crippen LogP contribution in [-0.2, 0) is 19.1 Å². The molecule has 0 heterocycles. The molecular formula is C26H50O4. The third-order valence-corrected chi connectivity index (χ3v) is 5.80. The Balaban J connectivity index is 3.68. The minimum atomic E-state index is -0.0435. The van der Waals surface area contributed by atoms with Gasteiger partial charge in [-0.15, -0.1) is 0 Å². The number of unbranched alkanes of at least 4 members (excludes halogenated alkanes) is 10. The van der Waals surface area contributed by atoms with Gasteiger partial charge in [0.05, 0.1) is 18.6 Å². The first kappa shape index (κ1) is 28.9. The van der Waals surface area contributed by atoms with Crippen LogP contribution < -0.4 is 0 Å². The van der Waals surface area contributed by atoms with E-state index < -0.39 is 0 Å². The van der Waals surface area contributed by atoms with Crippen LogP contribution in [0, 0.1) is 5.92 Å². The maximum absolute atomic E-state index is 12.2. The molecule has 0 aromatic heterocycles. The average molecular weight is 427 g/mol. The van der Waals surface area contributed by atoms with Gasteiger partial charge in [-0.25, -0.2) is 0 Å². The highest BCUT2D eigenvalue weighted by Gasteiger charge is 2.17. The molecule has 0 fully saturated rings. The zero-order chi connectivity index (χ0) is 22.5. The molecule has 2 atom stereocenters. The number of ether oxygens (including phenoxy) is 2. The first-order valence-corrected chi connectivity index (χ1v) is 12.9. The molecule has 0 saturated heterocycles. The minimum absolute atomic E-state index is 0.00997. The van der Waals surface area contributed by atoms with Crippen molar-refractivity contribution in [3.63, 3.8) is 0 Å². The first-order valence-electron chi connectivity index (χ1n) is 12.9. The van der Waals surface area contributed by atoms with E-state index in [1.165, 1.54) is 32.1 Å². The molecule has 0 aliphatic heterocycles. The van der Waals surface area contributed by atoms with Crippen molar-refractivity contribution in [1.29, 1.82) is 0 Å². The van der Waals surface area contributed by atoms with Gasteiger partial charge in [-0.05, 0) is 45.4 Å². The second-order valence-corrected chi connectivity index (χ2v) is 8.79. The summed E-state index contributed by atoms with van der Waals surface area (Å²) in [7, 11) is 0. The van der Waals surface area contributed by atoms with Gasteiger partial charge in [0.1, 0.15) is 0 Å². The van der Waals surface area contributed by atoms with Crippen LogP contribution in [0.3, 0.4) is 0 Å². The fourth-order valence-electron chi connectivity index (χ4n) is 3.70. The molecule has 0 aromatic rings. The van der Waals surface area contributed by atoms with Crippen LogP contribution in [0.1, 0.15) is 137 Å². The number of hydrogen-bond donors (Lipinski definition) is 0. The van der Waals surface area contributed by atoms with Gasteiger partial charge in [-0.3, -0.25) is 9.59 Å². The molecular weight excluding hydrogens is 376 g/mol. The summed E-state index contributed by atoms with van der Waals surface area (Å²) in [5.41, 5.74) is 0. The van der Waals surface area contributed by atoms with E-state index in [4.69, 9.17) is 9.47 Å². The summed E-state index contributed by atoms with van der Waals surface area (Å²) < 4.78 is 11.0. The van der Waals surface area contributed by atoms with Gasteiger partial charge in [0, 0.05) is 6.42 Å². The molecule has 0 radical (unpaired) electrons. The molecule has 0 bridgehead atoms.